The first kappa shape index (κ1) is 25.2. The number of carbonyl (C=O) groups is 2. The molecule has 2 unspecified atom stereocenters. The number of rotatable bonds is 12. The second-order valence-electron chi connectivity index (χ2n) is 8.37. The topological polar surface area (TPSA) is 64.6 Å². The third kappa shape index (κ3) is 10.3. The molecule has 1 amide bonds. The SMILES string of the molecule is CC(C)=CCCC(C)CCOC(=O)C(Cc1ccccc1)NC(=O)OCc1ccccc1. The molecular weight excluding hydrogens is 402 g/mol. The van der Waals surface area contributed by atoms with Crippen LogP contribution in [0.25, 0.3) is 0 Å². The summed E-state index contributed by atoms with van der Waals surface area (Å²) in [5, 5.41) is 2.68. The van der Waals surface area contributed by atoms with Crippen molar-refractivity contribution < 1.29 is 19.1 Å². The van der Waals surface area contributed by atoms with Crippen molar-refractivity contribution in [2.75, 3.05) is 6.61 Å². The summed E-state index contributed by atoms with van der Waals surface area (Å²) in [6, 6.07) is 18.2. The van der Waals surface area contributed by atoms with Crippen molar-refractivity contribution >= 4 is 12.1 Å². The number of hydrogen-bond donors (Lipinski definition) is 1. The Kier molecular flexibility index (Phi) is 11.1. The minimum absolute atomic E-state index is 0.142. The molecule has 1 N–H and O–H groups in total. The quantitative estimate of drug-likeness (QED) is 0.335. The van der Waals surface area contributed by atoms with Crippen LogP contribution in [0.1, 0.15) is 51.2 Å². The molecule has 172 valence electrons. The first-order chi connectivity index (χ1) is 15.4. The molecule has 0 aromatic heterocycles. The van der Waals surface area contributed by atoms with E-state index in [0.717, 1.165) is 30.4 Å². The van der Waals surface area contributed by atoms with Crippen LogP contribution in [-0.2, 0) is 27.3 Å². The van der Waals surface area contributed by atoms with Crippen LogP contribution in [-0.4, -0.2) is 24.7 Å². The van der Waals surface area contributed by atoms with Crippen molar-refractivity contribution in [3.63, 3.8) is 0 Å². The molecule has 0 spiro atoms. The Morgan fingerprint density at radius 2 is 1.53 bits per heavy atom. The zero-order valence-electron chi connectivity index (χ0n) is 19.4. The van der Waals surface area contributed by atoms with Gasteiger partial charge >= 0.3 is 12.1 Å². The normalized spacial score (nSPS) is 12.3. The Balaban J connectivity index is 1.87. The maximum Gasteiger partial charge on any atom is 0.408 e. The lowest BCUT2D eigenvalue weighted by atomic mass is 10.0. The highest BCUT2D eigenvalue weighted by Crippen LogP contribution is 2.13. The molecule has 0 heterocycles. The van der Waals surface area contributed by atoms with Gasteiger partial charge in [0.25, 0.3) is 0 Å². The van der Waals surface area contributed by atoms with E-state index in [1.165, 1.54) is 5.57 Å². The Hall–Kier alpha value is -3.08. The smallest absolute Gasteiger partial charge is 0.408 e. The number of allylic oxidation sites excluding steroid dienone is 2. The van der Waals surface area contributed by atoms with Gasteiger partial charge in [0.2, 0.25) is 0 Å². The molecule has 5 heteroatoms. The first-order valence-corrected chi connectivity index (χ1v) is 11.2. The van der Waals surface area contributed by atoms with E-state index in [4.69, 9.17) is 9.47 Å². The number of carbonyl (C=O) groups excluding carboxylic acids is 2. The maximum absolute atomic E-state index is 12.7. The molecule has 0 bridgehead atoms. The number of benzene rings is 2. The fourth-order valence-electron chi connectivity index (χ4n) is 3.21. The summed E-state index contributed by atoms with van der Waals surface area (Å²) < 4.78 is 10.8. The van der Waals surface area contributed by atoms with Gasteiger partial charge in [-0.3, -0.25) is 0 Å². The highest BCUT2D eigenvalue weighted by molar-refractivity contribution is 5.81. The fourth-order valence-corrected chi connectivity index (χ4v) is 3.21. The first-order valence-electron chi connectivity index (χ1n) is 11.2. The van der Waals surface area contributed by atoms with Crippen molar-refractivity contribution in [1.29, 1.82) is 0 Å². The van der Waals surface area contributed by atoms with Gasteiger partial charge in [-0.05, 0) is 50.2 Å². The predicted molar refractivity (Wildman–Crippen MR) is 127 cm³/mol. The van der Waals surface area contributed by atoms with E-state index in [1.54, 1.807) is 0 Å². The second kappa shape index (κ2) is 14.1. The van der Waals surface area contributed by atoms with Crippen LogP contribution in [0.3, 0.4) is 0 Å². The summed E-state index contributed by atoms with van der Waals surface area (Å²) >= 11 is 0. The van der Waals surface area contributed by atoms with E-state index in [0.29, 0.717) is 18.9 Å². The third-order valence-electron chi connectivity index (χ3n) is 5.14. The highest BCUT2D eigenvalue weighted by atomic mass is 16.6. The lowest BCUT2D eigenvalue weighted by molar-refractivity contribution is -0.146. The largest absolute Gasteiger partial charge is 0.464 e. The van der Waals surface area contributed by atoms with Gasteiger partial charge < -0.3 is 14.8 Å². The number of nitrogens with one attached hydrogen (secondary N) is 1. The van der Waals surface area contributed by atoms with E-state index < -0.39 is 18.1 Å². The number of hydrogen-bond acceptors (Lipinski definition) is 4. The molecule has 0 saturated carbocycles. The van der Waals surface area contributed by atoms with Crippen LogP contribution in [0, 0.1) is 5.92 Å². The average Bonchev–Trinajstić information content (AvgIpc) is 2.78. The van der Waals surface area contributed by atoms with Crippen molar-refractivity contribution in [1.82, 2.24) is 5.32 Å². The molecule has 2 rings (SSSR count). The van der Waals surface area contributed by atoms with Gasteiger partial charge in [-0.2, -0.15) is 0 Å². The zero-order chi connectivity index (χ0) is 23.2. The van der Waals surface area contributed by atoms with E-state index in [1.807, 2.05) is 60.7 Å². The number of amides is 1. The molecule has 2 aromatic rings. The summed E-state index contributed by atoms with van der Waals surface area (Å²) in [5.41, 5.74) is 3.14. The molecule has 0 aliphatic rings. The van der Waals surface area contributed by atoms with Crippen molar-refractivity contribution in [2.24, 2.45) is 5.92 Å². The van der Waals surface area contributed by atoms with Gasteiger partial charge in [-0.1, -0.05) is 79.2 Å². The Labute approximate surface area is 191 Å². The van der Waals surface area contributed by atoms with Gasteiger partial charge in [0.1, 0.15) is 12.6 Å². The number of esters is 1. The minimum atomic E-state index is -0.804. The fraction of sp³-hybridized carbons (Fsp3) is 0.407. The van der Waals surface area contributed by atoms with Crippen molar-refractivity contribution in [2.45, 2.75) is 59.1 Å². The monoisotopic (exact) mass is 437 g/mol. The van der Waals surface area contributed by atoms with E-state index in [-0.39, 0.29) is 6.61 Å². The van der Waals surface area contributed by atoms with Crippen LogP contribution >= 0.6 is 0 Å². The van der Waals surface area contributed by atoms with Crippen LogP contribution in [0.15, 0.2) is 72.3 Å². The molecule has 0 aliphatic carbocycles. The summed E-state index contributed by atoms with van der Waals surface area (Å²) in [6.45, 7) is 6.82. The Morgan fingerprint density at radius 1 is 0.906 bits per heavy atom. The van der Waals surface area contributed by atoms with Crippen LogP contribution in [0.5, 0.6) is 0 Å². The van der Waals surface area contributed by atoms with Crippen molar-refractivity contribution in [3.05, 3.63) is 83.4 Å². The van der Waals surface area contributed by atoms with Gasteiger partial charge in [-0.25, -0.2) is 9.59 Å². The molecule has 32 heavy (non-hydrogen) atoms. The van der Waals surface area contributed by atoms with Gasteiger partial charge in [0, 0.05) is 6.42 Å². The van der Waals surface area contributed by atoms with E-state index in [2.05, 4.69) is 32.2 Å². The summed E-state index contributed by atoms with van der Waals surface area (Å²) in [4.78, 5) is 25.1. The zero-order valence-corrected chi connectivity index (χ0v) is 19.4. The van der Waals surface area contributed by atoms with Gasteiger partial charge in [-0.15, -0.1) is 0 Å². The molecule has 2 atom stereocenters. The summed E-state index contributed by atoms with van der Waals surface area (Å²) in [5.74, 6) is 0.0109. The van der Waals surface area contributed by atoms with E-state index in [9.17, 15) is 9.59 Å². The summed E-state index contributed by atoms with van der Waals surface area (Å²) in [6.07, 6.45) is 4.81. The number of ether oxygens (including phenoxy) is 2. The molecule has 0 saturated heterocycles. The molecular formula is C27H35NO4. The molecule has 0 aliphatic heterocycles. The molecule has 0 radical (unpaired) electrons. The maximum atomic E-state index is 12.7. The number of alkyl carbamates (subject to hydrolysis) is 1. The molecule has 0 fully saturated rings. The lowest BCUT2D eigenvalue weighted by Gasteiger charge is -2.18. The summed E-state index contributed by atoms with van der Waals surface area (Å²) in [7, 11) is 0. The molecule has 2 aromatic carbocycles. The van der Waals surface area contributed by atoms with Crippen LogP contribution in [0.2, 0.25) is 0 Å². The van der Waals surface area contributed by atoms with Gasteiger partial charge in [0.15, 0.2) is 0 Å². The molecule has 5 nitrogen and oxygen atoms in total. The van der Waals surface area contributed by atoms with Crippen LogP contribution < -0.4 is 5.32 Å². The Bertz CT molecular complexity index is 844. The van der Waals surface area contributed by atoms with Gasteiger partial charge in [0.05, 0.1) is 6.61 Å². The highest BCUT2D eigenvalue weighted by Gasteiger charge is 2.23. The average molecular weight is 438 g/mol. The van der Waals surface area contributed by atoms with E-state index >= 15 is 0 Å². The van der Waals surface area contributed by atoms with Crippen LogP contribution in [0.4, 0.5) is 4.79 Å². The van der Waals surface area contributed by atoms with Crippen molar-refractivity contribution in [3.8, 4) is 0 Å². The second-order valence-corrected chi connectivity index (χ2v) is 8.37. The standard InChI is InChI=1S/C27H35NO4/c1-21(2)11-10-12-22(3)17-18-31-26(29)25(19-23-13-6-4-7-14-23)28-27(30)32-20-24-15-8-5-9-16-24/h4-9,11,13-16,22,25H,10,12,17-20H2,1-3H3,(H,28,30). The Morgan fingerprint density at radius 3 is 2.16 bits per heavy atom. The predicted octanol–water partition coefficient (Wildman–Crippen LogP) is 5.84. The third-order valence-corrected chi connectivity index (χ3v) is 5.14. The lowest BCUT2D eigenvalue weighted by Crippen LogP contribution is -2.43. The minimum Gasteiger partial charge on any atom is -0.464 e.